The molecule has 1 rings (SSSR count). The molecule has 0 fully saturated rings. The zero-order chi connectivity index (χ0) is 20.3. The number of rotatable bonds is 10. The molecule has 0 heterocycles. The maximum absolute atomic E-state index is 12.3. The molecule has 2 N–H and O–H groups in total. The van der Waals surface area contributed by atoms with E-state index < -0.39 is 0 Å². The number of nitrogens with two attached hydrogens (primary N) is 1. The number of aliphatic imine (C=N–C) groups is 1. The summed E-state index contributed by atoms with van der Waals surface area (Å²) < 4.78 is 11.9. The van der Waals surface area contributed by atoms with Gasteiger partial charge in [0.25, 0.3) is 5.91 Å². The Bertz CT molecular complexity index is 624. The molecule has 1 aromatic carbocycles. The number of thioether (sulfide) groups is 1. The number of hydrogen-bond donors (Lipinski definition) is 1. The van der Waals surface area contributed by atoms with E-state index in [1.807, 2.05) is 0 Å². The molecule has 0 atom stereocenters. The number of hydrogen-bond acceptors (Lipinski definition) is 4. The molecule has 0 saturated heterocycles. The van der Waals surface area contributed by atoms with Gasteiger partial charge in [0.2, 0.25) is 0 Å². The maximum Gasteiger partial charge on any atom is 0.279 e. The summed E-state index contributed by atoms with van der Waals surface area (Å²) in [5.41, 5.74) is 6.12. The minimum absolute atomic E-state index is 0.0308. The Morgan fingerprint density at radius 3 is 2.44 bits per heavy atom. The molecular formula is C21H34N2O3S. The Balaban J connectivity index is 2.87. The highest BCUT2D eigenvalue weighted by molar-refractivity contribution is 8.13. The molecule has 6 heteroatoms. The van der Waals surface area contributed by atoms with Gasteiger partial charge >= 0.3 is 0 Å². The van der Waals surface area contributed by atoms with E-state index in [9.17, 15) is 4.79 Å². The van der Waals surface area contributed by atoms with Gasteiger partial charge in [-0.3, -0.25) is 4.79 Å². The first kappa shape index (κ1) is 23.3. The number of nitrogens with zero attached hydrogens (tertiary/aromatic N) is 1. The maximum atomic E-state index is 12.3. The van der Waals surface area contributed by atoms with E-state index >= 15 is 0 Å². The lowest BCUT2D eigenvalue weighted by atomic mass is 9.99. The van der Waals surface area contributed by atoms with Crippen LogP contribution in [-0.2, 0) is 0 Å². The normalized spacial score (nSPS) is 12.1. The first-order valence-electron chi connectivity index (χ1n) is 9.59. The van der Waals surface area contributed by atoms with Crippen LogP contribution in [0.2, 0.25) is 0 Å². The van der Waals surface area contributed by atoms with Gasteiger partial charge in [-0.15, -0.1) is 0 Å². The van der Waals surface area contributed by atoms with Gasteiger partial charge in [-0.1, -0.05) is 65.1 Å². The van der Waals surface area contributed by atoms with Crippen LogP contribution in [0.15, 0.2) is 23.2 Å². The van der Waals surface area contributed by atoms with Crippen molar-refractivity contribution in [1.29, 1.82) is 0 Å². The molecule has 0 aliphatic carbocycles. The fourth-order valence-corrected chi connectivity index (χ4v) is 2.44. The first-order chi connectivity index (χ1) is 12.8. The smallest absolute Gasteiger partial charge is 0.279 e. The van der Waals surface area contributed by atoms with E-state index in [1.54, 1.807) is 24.5 Å². The summed E-state index contributed by atoms with van der Waals surface area (Å²) in [4.78, 5) is 16.1. The van der Waals surface area contributed by atoms with Crippen molar-refractivity contribution in [2.45, 2.75) is 59.8 Å². The molecule has 0 aliphatic heterocycles. The monoisotopic (exact) mass is 394 g/mol. The van der Waals surface area contributed by atoms with Crippen molar-refractivity contribution < 1.29 is 14.3 Å². The second-order valence-electron chi connectivity index (χ2n) is 7.73. The van der Waals surface area contributed by atoms with Crippen molar-refractivity contribution >= 4 is 22.8 Å². The van der Waals surface area contributed by atoms with Gasteiger partial charge in [0.15, 0.2) is 16.7 Å². The van der Waals surface area contributed by atoms with Crippen molar-refractivity contribution in [3.05, 3.63) is 23.8 Å². The van der Waals surface area contributed by atoms with Crippen LogP contribution in [0.3, 0.4) is 0 Å². The van der Waals surface area contributed by atoms with Crippen molar-refractivity contribution in [2.75, 3.05) is 19.5 Å². The molecule has 1 amide bonds. The Morgan fingerprint density at radius 2 is 1.81 bits per heavy atom. The Labute approximate surface area is 168 Å². The van der Waals surface area contributed by atoms with Crippen LogP contribution in [0.1, 0.15) is 70.2 Å². The van der Waals surface area contributed by atoms with Gasteiger partial charge in [-0.2, -0.15) is 4.99 Å². The highest BCUT2D eigenvalue weighted by Gasteiger charge is 2.16. The highest BCUT2D eigenvalue weighted by Crippen LogP contribution is 2.30. The Morgan fingerprint density at radius 1 is 1.11 bits per heavy atom. The molecule has 0 aliphatic rings. The number of unbranched alkanes of at least 4 members (excludes halogenated alkanes) is 4. The van der Waals surface area contributed by atoms with Gasteiger partial charge in [0.05, 0.1) is 13.2 Å². The number of amidine groups is 1. The van der Waals surface area contributed by atoms with E-state index in [1.165, 1.54) is 31.0 Å². The van der Waals surface area contributed by atoms with Crippen molar-refractivity contribution in [2.24, 2.45) is 16.1 Å². The lowest BCUT2D eigenvalue weighted by Crippen LogP contribution is -2.17. The van der Waals surface area contributed by atoms with Crippen LogP contribution in [0, 0.1) is 5.41 Å². The summed E-state index contributed by atoms with van der Waals surface area (Å²) in [5, 5.41) is 0.242. The number of amides is 1. The van der Waals surface area contributed by atoms with Crippen LogP contribution >= 0.6 is 11.8 Å². The van der Waals surface area contributed by atoms with Gasteiger partial charge in [-0.05, 0) is 36.3 Å². The second-order valence-corrected chi connectivity index (χ2v) is 8.56. The summed E-state index contributed by atoms with van der Waals surface area (Å²) in [6.45, 7) is 9.69. The number of carbonyl (C=O) groups is 1. The highest BCUT2D eigenvalue weighted by atomic mass is 32.2. The van der Waals surface area contributed by atoms with Crippen LogP contribution in [0.4, 0.5) is 0 Å². The van der Waals surface area contributed by atoms with Gasteiger partial charge in [0.1, 0.15) is 0 Å². The zero-order valence-electron chi connectivity index (χ0n) is 17.3. The van der Waals surface area contributed by atoms with Crippen molar-refractivity contribution in [3.63, 3.8) is 0 Å². The van der Waals surface area contributed by atoms with E-state index in [4.69, 9.17) is 15.2 Å². The Hall–Kier alpha value is -1.69. The van der Waals surface area contributed by atoms with E-state index in [-0.39, 0.29) is 16.5 Å². The molecule has 0 radical (unpaired) electrons. The minimum Gasteiger partial charge on any atom is -0.490 e. The summed E-state index contributed by atoms with van der Waals surface area (Å²) in [6.07, 6.45) is 7.58. The second kappa shape index (κ2) is 11.9. The molecule has 27 heavy (non-hydrogen) atoms. The van der Waals surface area contributed by atoms with Crippen LogP contribution in [0.5, 0.6) is 11.5 Å². The van der Waals surface area contributed by atoms with E-state index in [0.717, 1.165) is 12.8 Å². The minimum atomic E-state index is -0.378. The first-order valence-corrected chi connectivity index (χ1v) is 10.8. The summed E-state index contributed by atoms with van der Waals surface area (Å²) in [6, 6.07) is 5.17. The number of carbonyl (C=O) groups excluding carboxylic acids is 1. The zero-order valence-corrected chi connectivity index (χ0v) is 18.2. The average Bonchev–Trinajstić information content (AvgIpc) is 2.62. The topological polar surface area (TPSA) is 73.9 Å². The average molecular weight is 395 g/mol. The molecule has 0 spiro atoms. The third-order valence-corrected chi connectivity index (χ3v) is 4.29. The van der Waals surface area contributed by atoms with Gasteiger partial charge < -0.3 is 15.2 Å². The summed E-state index contributed by atoms with van der Waals surface area (Å²) in [5.74, 6) is 0.854. The lowest BCUT2D eigenvalue weighted by molar-refractivity contribution is 0.100. The van der Waals surface area contributed by atoms with E-state index in [2.05, 4.69) is 32.7 Å². The van der Waals surface area contributed by atoms with Gasteiger partial charge in [-0.25, -0.2) is 0 Å². The fraction of sp³-hybridized carbons (Fsp3) is 0.619. The largest absolute Gasteiger partial charge is 0.490 e. The number of benzene rings is 1. The van der Waals surface area contributed by atoms with E-state index in [0.29, 0.717) is 30.3 Å². The third-order valence-electron chi connectivity index (χ3n) is 3.78. The fourth-order valence-electron chi connectivity index (χ4n) is 2.27. The predicted octanol–water partition coefficient (Wildman–Crippen LogP) is 5.28. The molecule has 1 aromatic rings. The third kappa shape index (κ3) is 9.70. The van der Waals surface area contributed by atoms with Gasteiger partial charge in [0, 0.05) is 5.56 Å². The number of ether oxygens (including phenoxy) is 2. The summed E-state index contributed by atoms with van der Waals surface area (Å²) >= 11 is 1.24. The molecule has 0 saturated carbocycles. The predicted molar refractivity (Wildman–Crippen MR) is 115 cm³/mol. The van der Waals surface area contributed by atoms with Crippen LogP contribution < -0.4 is 15.2 Å². The van der Waals surface area contributed by atoms with Crippen molar-refractivity contribution in [3.8, 4) is 11.5 Å². The molecular weight excluding hydrogens is 360 g/mol. The van der Waals surface area contributed by atoms with Crippen molar-refractivity contribution in [1.82, 2.24) is 0 Å². The standard InChI is InChI=1S/C21H34N2O3S/c1-6-7-8-9-10-13-25-18-14-16(19(24)23-20(22)27-5)11-12-17(18)26-15-21(2,3)4/h11-12,14H,6-10,13,15H2,1-5H3,(H2,22,23,24). The Kier molecular flexibility index (Phi) is 10.3. The quantitative estimate of drug-likeness (QED) is 0.332. The molecule has 5 nitrogen and oxygen atoms in total. The van der Waals surface area contributed by atoms with Crippen LogP contribution in [-0.4, -0.2) is 30.5 Å². The molecule has 0 aromatic heterocycles. The lowest BCUT2D eigenvalue weighted by Gasteiger charge is -2.20. The summed E-state index contributed by atoms with van der Waals surface area (Å²) in [7, 11) is 0. The van der Waals surface area contributed by atoms with Crippen LogP contribution in [0.25, 0.3) is 0 Å². The molecule has 152 valence electrons. The molecule has 0 unspecified atom stereocenters. The SMILES string of the molecule is CCCCCCCOc1cc(C(=O)N=C(N)SC)ccc1OCC(C)(C)C. The molecule has 0 bridgehead atoms.